The van der Waals surface area contributed by atoms with Crippen LogP contribution in [0.2, 0.25) is 0 Å². The second kappa shape index (κ2) is 7.94. The van der Waals surface area contributed by atoms with Gasteiger partial charge in [-0.2, -0.15) is 5.10 Å². The molecule has 126 valence electrons. The molecule has 0 heterocycles. The highest BCUT2D eigenvalue weighted by Crippen LogP contribution is 2.21. The van der Waals surface area contributed by atoms with Gasteiger partial charge in [0.2, 0.25) is 0 Å². The molecule has 0 saturated carbocycles. The van der Waals surface area contributed by atoms with E-state index in [-0.39, 0.29) is 5.91 Å². The molecular weight excluding hydrogens is 380 g/mol. The van der Waals surface area contributed by atoms with E-state index in [0.29, 0.717) is 5.75 Å². The zero-order valence-electron chi connectivity index (χ0n) is 13.6. The van der Waals surface area contributed by atoms with Crippen LogP contribution in [0.4, 0.5) is 0 Å². The number of nitrogens with one attached hydrogen (secondary N) is 1. The Kier molecular flexibility index (Phi) is 5.46. The van der Waals surface area contributed by atoms with E-state index in [4.69, 9.17) is 4.74 Å². The number of nitrogens with zero attached hydrogens (tertiary/aromatic N) is 1. The molecule has 5 heteroatoms. The molecule has 1 atom stereocenters. The largest absolute Gasteiger partial charge is 0.481 e. The number of fused-ring (bicyclic) bond motifs is 1. The summed E-state index contributed by atoms with van der Waals surface area (Å²) in [5.74, 6) is 0.344. The minimum Gasteiger partial charge on any atom is -0.481 e. The average Bonchev–Trinajstić information content (AvgIpc) is 2.61. The third kappa shape index (κ3) is 4.67. The Labute approximate surface area is 154 Å². The van der Waals surface area contributed by atoms with Crippen LogP contribution in [0.5, 0.6) is 5.75 Å². The van der Waals surface area contributed by atoms with Crippen LogP contribution >= 0.6 is 15.9 Å². The molecular formula is C20H17BrN2O2. The van der Waals surface area contributed by atoms with Crippen molar-refractivity contribution in [2.75, 3.05) is 0 Å². The number of halogens is 1. The lowest BCUT2D eigenvalue weighted by Gasteiger charge is -2.13. The van der Waals surface area contributed by atoms with E-state index >= 15 is 0 Å². The molecule has 4 nitrogen and oxygen atoms in total. The molecule has 0 bridgehead atoms. The standard InChI is InChI=1S/C20H17BrN2O2/c1-14(20(24)23-22-13-15-5-4-8-18(21)11-15)25-19-10-9-16-6-2-3-7-17(16)12-19/h2-14H,1H3,(H,23,24)/b22-13+. The van der Waals surface area contributed by atoms with Crippen molar-refractivity contribution in [2.24, 2.45) is 5.10 Å². The Morgan fingerprint density at radius 2 is 1.88 bits per heavy atom. The molecule has 1 amide bonds. The molecule has 0 aliphatic rings. The average molecular weight is 397 g/mol. The van der Waals surface area contributed by atoms with Gasteiger partial charge in [0.15, 0.2) is 6.10 Å². The monoisotopic (exact) mass is 396 g/mol. The van der Waals surface area contributed by atoms with Gasteiger partial charge in [-0.15, -0.1) is 0 Å². The van der Waals surface area contributed by atoms with Gasteiger partial charge in [-0.05, 0) is 47.5 Å². The number of rotatable bonds is 5. The smallest absolute Gasteiger partial charge is 0.280 e. The zero-order chi connectivity index (χ0) is 17.6. The van der Waals surface area contributed by atoms with E-state index in [2.05, 4.69) is 26.5 Å². The summed E-state index contributed by atoms with van der Waals surface area (Å²) in [6.07, 6.45) is 0.937. The maximum atomic E-state index is 12.1. The Bertz CT molecular complexity index is 924. The van der Waals surface area contributed by atoms with Crippen LogP contribution in [0.15, 0.2) is 76.3 Å². The lowest BCUT2D eigenvalue weighted by molar-refractivity contribution is -0.127. The summed E-state index contributed by atoms with van der Waals surface area (Å²) in [6, 6.07) is 21.4. The van der Waals surface area contributed by atoms with Gasteiger partial charge < -0.3 is 4.74 Å². The minimum atomic E-state index is -0.652. The van der Waals surface area contributed by atoms with Crippen molar-refractivity contribution in [2.45, 2.75) is 13.0 Å². The van der Waals surface area contributed by atoms with Gasteiger partial charge in [0.25, 0.3) is 5.91 Å². The summed E-state index contributed by atoms with van der Waals surface area (Å²) in [4.78, 5) is 12.1. The molecule has 0 aliphatic carbocycles. The molecule has 0 aromatic heterocycles. The maximum Gasteiger partial charge on any atom is 0.280 e. The molecule has 0 fully saturated rings. The highest BCUT2D eigenvalue weighted by atomic mass is 79.9. The summed E-state index contributed by atoms with van der Waals surface area (Å²) in [7, 11) is 0. The van der Waals surface area contributed by atoms with Gasteiger partial charge in [0, 0.05) is 4.47 Å². The molecule has 0 radical (unpaired) electrons. The molecule has 1 N–H and O–H groups in total. The predicted molar refractivity (Wildman–Crippen MR) is 104 cm³/mol. The first-order valence-corrected chi connectivity index (χ1v) is 8.65. The summed E-state index contributed by atoms with van der Waals surface area (Å²) in [6.45, 7) is 1.69. The normalized spacial score (nSPS) is 12.2. The Hall–Kier alpha value is -2.66. The first-order chi connectivity index (χ1) is 12.1. The van der Waals surface area contributed by atoms with Gasteiger partial charge in [-0.25, -0.2) is 5.43 Å². The number of hydrogen-bond donors (Lipinski definition) is 1. The fourth-order valence-electron chi connectivity index (χ4n) is 2.35. The van der Waals surface area contributed by atoms with E-state index in [0.717, 1.165) is 20.8 Å². The lowest BCUT2D eigenvalue weighted by atomic mass is 10.1. The molecule has 0 saturated heterocycles. The molecule has 0 aliphatic heterocycles. The van der Waals surface area contributed by atoms with Crippen LogP contribution in [-0.4, -0.2) is 18.2 Å². The van der Waals surface area contributed by atoms with Crippen LogP contribution in [0.3, 0.4) is 0 Å². The molecule has 1 unspecified atom stereocenters. The van der Waals surface area contributed by atoms with E-state index in [9.17, 15) is 4.79 Å². The lowest BCUT2D eigenvalue weighted by Crippen LogP contribution is -2.33. The van der Waals surface area contributed by atoms with Crippen LogP contribution in [0.1, 0.15) is 12.5 Å². The Balaban J connectivity index is 1.59. The predicted octanol–water partition coefficient (Wildman–Crippen LogP) is 4.52. The molecule has 3 aromatic rings. The van der Waals surface area contributed by atoms with Crippen molar-refractivity contribution >= 4 is 38.8 Å². The third-order valence-electron chi connectivity index (χ3n) is 3.64. The number of amides is 1. The fraction of sp³-hybridized carbons (Fsp3) is 0.100. The van der Waals surface area contributed by atoms with Crippen molar-refractivity contribution in [3.8, 4) is 5.75 Å². The molecule has 25 heavy (non-hydrogen) atoms. The molecule has 3 aromatic carbocycles. The second-order valence-electron chi connectivity index (χ2n) is 5.56. The zero-order valence-corrected chi connectivity index (χ0v) is 15.2. The first-order valence-electron chi connectivity index (χ1n) is 7.86. The summed E-state index contributed by atoms with van der Waals surface area (Å²) in [5.41, 5.74) is 3.38. The van der Waals surface area contributed by atoms with E-state index in [1.165, 1.54) is 0 Å². The van der Waals surface area contributed by atoms with Gasteiger partial charge in [0.05, 0.1) is 6.21 Å². The second-order valence-corrected chi connectivity index (χ2v) is 6.47. The SMILES string of the molecule is CC(Oc1ccc2ccccc2c1)C(=O)N/N=C/c1cccc(Br)c1. The molecule has 3 rings (SSSR count). The third-order valence-corrected chi connectivity index (χ3v) is 4.13. The first kappa shape index (κ1) is 17.2. The number of hydrazone groups is 1. The van der Waals surface area contributed by atoms with Gasteiger partial charge >= 0.3 is 0 Å². The highest BCUT2D eigenvalue weighted by Gasteiger charge is 2.14. The Morgan fingerprint density at radius 1 is 1.08 bits per heavy atom. The summed E-state index contributed by atoms with van der Waals surface area (Å²) >= 11 is 3.39. The molecule has 0 spiro atoms. The Morgan fingerprint density at radius 3 is 2.68 bits per heavy atom. The quantitative estimate of drug-likeness (QED) is 0.509. The van der Waals surface area contributed by atoms with Crippen LogP contribution in [0.25, 0.3) is 10.8 Å². The van der Waals surface area contributed by atoms with Crippen molar-refractivity contribution in [3.05, 3.63) is 76.8 Å². The van der Waals surface area contributed by atoms with Crippen LogP contribution < -0.4 is 10.2 Å². The van der Waals surface area contributed by atoms with Gasteiger partial charge in [-0.3, -0.25) is 4.79 Å². The van der Waals surface area contributed by atoms with Crippen LogP contribution in [-0.2, 0) is 4.79 Å². The van der Waals surface area contributed by atoms with Crippen molar-refractivity contribution in [3.63, 3.8) is 0 Å². The van der Waals surface area contributed by atoms with E-state index in [1.54, 1.807) is 13.1 Å². The van der Waals surface area contributed by atoms with Gasteiger partial charge in [0.1, 0.15) is 5.75 Å². The summed E-state index contributed by atoms with van der Waals surface area (Å²) in [5, 5.41) is 6.17. The number of carbonyl (C=O) groups is 1. The van der Waals surface area contributed by atoms with Crippen LogP contribution in [0, 0.1) is 0 Å². The topological polar surface area (TPSA) is 50.7 Å². The summed E-state index contributed by atoms with van der Waals surface area (Å²) < 4.78 is 6.67. The highest BCUT2D eigenvalue weighted by molar-refractivity contribution is 9.10. The van der Waals surface area contributed by atoms with Crippen molar-refractivity contribution < 1.29 is 9.53 Å². The van der Waals surface area contributed by atoms with E-state index in [1.807, 2.05) is 66.7 Å². The number of ether oxygens (including phenoxy) is 1. The maximum absolute atomic E-state index is 12.1. The van der Waals surface area contributed by atoms with Crippen molar-refractivity contribution in [1.82, 2.24) is 5.43 Å². The van der Waals surface area contributed by atoms with Crippen molar-refractivity contribution in [1.29, 1.82) is 0 Å². The minimum absolute atomic E-state index is 0.306. The fourth-order valence-corrected chi connectivity index (χ4v) is 2.76. The number of carbonyl (C=O) groups excluding carboxylic acids is 1. The van der Waals surface area contributed by atoms with E-state index < -0.39 is 6.10 Å². The number of benzene rings is 3. The van der Waals surface area contributed by atoms with Gasteiger partial charge in [-0.1, -0.05) is 58.4 Å². The number of hydrogen-bond acceptors (Lipinski definition) is 3.